The number of hydrogen-bond donors (Lipinski definition) is 0. The van der Waals surface area contributed by atoms with Gasteiger partial charge in [0.05, 0.1) is 6.20 Å². The molecule has 0 aliphatic carbocycles. The molecule has 23 heavy (non-hydrogen) atoms. The summed E-state index contributed by atoms with van der Waals surface area (Å²) in [6, 6.07) is 12.2. The van der Waals surface area contributed by atoms with E-state index in [1.54, 1.807) is 18.0 Å². The van der Waals surface area contributed by atoms with Crippen LogP contribution in [0.15, 0.2) is 52.1 Å². The highest BCUT2D eigenvalue weighted by atomic mass is 79.9. The van der Waals surface area contributed by atoms with Crippen LogP contribution >= 0.6 is 27.7 Å². The lowest BCUT2D eigenvalue weighted by Gasteiger charge is -2.19. The Balaban J connectivity index is 1.61. The number of aromatic nitrogens is 2. The van der Waals surface area contributed by atoms with Crippen LogP contribution in [0.5, 0.6) is 11.5 Å². The summed E-state index contributed by atoms with van der Waals surface area (Å²) >= 11 is 5.28. The van der Waals surface area contributed by atoms with E-state index in [9.17, 15) is 0 Å². The van der Waals surface area contributed by atoms with Crippen molar-refractivity contribution in [2.24, 2.45) is 0 Å². The lowest BCUT2D eigenvalue weighted by molar-refractivity contribution is 0.171. The normalized spacial score (nSPS) is 13.3. The molecule has 4 nitrogen and oxygen atoms in total. The minimum atomic E-state index is 0.593. The third kappa shape index (κ3) is 3.01. The Kier molecular flexibility index (Phi) is 4.10. The third-order valence-electron chi connectivity index (χ3n) is 3.61. The summed E-state index contributed by atoms with van der Waals surface area (Å²) < 4.78 is 12.3. The van der Waals surface area contributed by atoms with Gasteiger partial charge >= 0.3 is 0 Å². The molecular formula is C17H13BrN2O2S. The first kappa shape index (κ1) is 14.8. The SMILES string of the molecule is Brc1cc2c(cc1CSc1nncc3ccccc13)OCCO2. The second-order valence-corrected chi connectivity index (χ2v) is 6.93. The Morgan fingerprint density at radius 1 is 1.09 bits per heavy atom. The fraction of sp³-hybridized carbons (Fsp3) is 0.176. The van der Waals surface area contributed by atoms with Crippen LogP contribution in [0.3, 0.4) is 0 Å². The van der Waals surface area contributed by atoms with Crippen LogP contribution in [0.25, 0.3) is 10.8 Å². The van der Waals surface area contributed by atoms with Crippen LogP contribution in [-0.4, -0.2) is 23.4 Å². The molecule has 0 saturated carbocycles. The first-order valence-electron chi connectivity index (χ1n) is 7.22. The Labute approximate surface area is 146 Å². The van der Waals surface area contributed by atoms with E-state index in [1.165, 1.54) is 0 Å². The average Bonchev–Trinajstić information content (AvgIpc) is 2.60. The highest BCUT2D eigenvalue weighted by molar-refractivity contribution is 9.10. The second kappa shape index (κ2) is 6.37. The van der Waals surface area contributed by atoms with Gasteiger partial charge in [0.25, 0.3) is 0 Å². The number of fused-ring (bicyclic) bond motifs is 2. The van der Waals surface area contributed by atoms with Gasteiger partial charge in [-0.15, -0.1) is 5.10 Å². The lowest BCUT2D eigenvalue weighted by atomic mass is 10.2. The molecule has 3 aromatic rings. The first-order chi connectivity index (χ1) is 11.3. The zero-order chi connectivity index (χ0) is 15.6. The highest BCUT2D eigenvalue weighted by Crippen LogP contribution is 2.38. The third-order valence-corrected chi connectivity index (χ3v) is 5.38. The number of halogens is 1. The topological polar surface area (TPSA) is 44.2 Å². The van der Waals surface area contributed by atoms with E-state index in [4.69, 9.17) is 9.47 Å². The Morgan fingerprint density at radius 2 is 1.87 bits per heavy atom. The van der Waals surface area contributed by atoms with Gasteiger partial charge in [-0.1, -0.05) is 52.0 Å². The molecule has 6 heteroatoms. The number of ether oxygens (including phenoxy) is 2. The smallest absolute Gasteiger partial charge is 0.162 e. The predicted molar refractivity (Wildman–Crippen MR) is 94.2 cm³/mol. The van der Waals surface area contributed by atoms with Gasteiger partial charge < -0.3 is 9.47 Å². The van der Waals surface area contributed by atoms with Gasteiger partial charge in [-0.25, -0.2) is 0 Å². The van der Waals surface area contributed by atoms with Crippen molar-refractivity contribution in [1.82, 2.24) is 10.2 Å². The fourth-order valence-electron chi connectivity index (χ4n) is 2.47. The summed E-state index contributed by atoms with van der Waals surface area (Å²) in [6.07, 6.45) is 1.79. The fourth-order valence-corrected chi connectivity index (χ4v) is 4.10. The van der Waals surface area contributed by atoms with Crippen molar-refractivity contribution in [2.75, 3.05) is 13.2 Å². The van der Waals surface area contributed by atoms with Crippen molar-refractivity contribution in [3.63, 3.8) is 0 Å². The maximum atomic E-state index is 5.66. The molecule has 0 N–H and O–H groups in total. The highest BCUT2D eigenvalue weighted by Gasteiger charge is 2.15. The van der Waals surface area contributed by atoms with Crippen molar-refractivity contribution in [3.05, 3.63) is 52.6 Å². The largest absolute Gasteiger partial charge is 0.486 e. The summed E-state index contributed by atoms with van der Waals surface area (Å²) in [5, 5.41) is 11.5. The van der Waals surface area contributed by atoms with E-state index in [2.05, 4.69) is 32.2 Å². The Morgan fingerprint density at radius 3 is 2.74 bits per heavy atom. The molecule has 0 unspecified atom stereocenters. The molecule has 1 aliphatic heterocycles. The van der Waals surface area contributed by atoms with Crippen LogP contribution < -0.4 is 9.47 Å². The number of rotatable bonds is 3. The second-order valence-electron chi connectivity index (χ2n) is 5.11. The lowest BCUT2D eigenvalue weighted by Crippen LogP contribution is -2.15. The van der Waals surface area contributed by atoms with Crippen LogP contribution in [0.2, 0.25) is 0 Å². The zero-order valence-electron chi connectivity index (χ0n) is 12.2. The molecule has 1 aromatic heterocycles. The van der Waals surface area contributed by atoms with Gasteiger partial charge in [0.2, 0.25) is 0 Å². The molecule has 2 heterocycles. The van der Waals surface area contributed by atoms with Crippen LogP contribution in [0.1, 0.15) is 5.56 Å². The van der Waals surface area contributed by atoms with Gasteiger partial charge in [0.1, 0.15) is 18.2 Å². The Bertz CT molecular complexity index is 867. The molecule has 4 rings (SSSR count). The number of thioether (sulfide) groups is 1. The number of hydrogen-bond acceptors (Lipinski definition) is 5. The quantitative estimate of drug-likeness (QED) is 0.619. The molecule has 0 fully saturated rings. The molecule has 0 radical (unpaired) electrons. The van der Waals surface area contributed by atoms with Crippen molar-refractivity contribution in [1.29, 1.82) is 0 Å². The zero-order valence-corrected chi connectivity index (χ0v) is 14.6. The molecule has 2 aromatic carbocycles. The predicted octanol–water partition coefficient (Wildman–Crippen LogP) is 4.46. The van der Waals surface area contributed by atoms with Gasteiger partial charge in [0, 0.05) is 21.0 Å². The van der Waals surface area contributed by atoms with E-state index in [-0.39, 0.29) is 0 Å². The molecular weight excluding hydrogens is 376 g/mol. The maximum Gasteiger partial charge on any atom is 0.162 e. The van der Waals surface area contributed by atoms with Crippen molar-refractivity contribution in [2.45, 2.75) is 10.8 Å². The maximum absolute atomic E-state index is 5.66. The minimum absolute atomic E-state index is 0.593. The van der Waals surface area contributed by atoms with E-state index in [1.807, 2.05) is 30.3 Å². The molecule has 0 atom stereocenters. The molecule has 116 valence electrons. The molecule has 0 spiro atoms. The van der Waals surface area contributed by atoms with Crippen molar-refractivity contribution >= 4 is 38.5 Å². The van der Waals surface area contributed by atoms with E-state index in [0.717, 1.165) is 43.1 Å². The van der Waals surface area contributed by atoms with Gasteiger partial charge in [-0.2, -0.15) is 5.10 Å². The van der Waals surface area contributed by atoms with Gasteiger partial charge in [-0.3, -0.25) is 0 Å². The summed E-state index contributed by atoms with van der Waals surface area (Å²) in [4.78, 5) is 0. The van der Waals surface area contributed by atoms with Crippen LogP contribution in [-0.2, 0) is 5.75 Å². The van der Waals surface area contributed by atoms with Gasteiger partial charge in [0.15, 0.2) is 11.5 Å². The van der Waals surface area contributed by atoms with E-state index < -0.39 is 0 Å². The first-order valence-corrected chi connectivity index (χ1v) is 9.00. The van der Waals surface area contributed by atoms with Crippen LogP contribution in [0.4, 0.5) is 0 Å². The average molecular weight is 389 g/mol. The summed E-state index contributed by atoms with van der Waals surface area (Å²) in [5.74, 6) is 2.38. The van der Waals surface area contributed by atoms with Crippen molar-refractivity contribution < 1.29 is 9.47 Å². The summed E-state index contributed by atoms with van der Waals surface area (Å²) in [7, 11) is 0. The molecule has 0 saturated heterocycles. The summed E-state index contributed by atoms with van der Waals surface area (Å²) in [6.45, 7) is 1.19. The number of nitrogens with zero attached hydrogens (tertiary/aromatic N) is 2. The van der Waals surface area contributed by atoms with Gasteiger partial charge in [-0.05, 0) is 17.7 Å². The van der Waals surface area contributed by atoms with E-state index >= 15 is 0 Å². The molecule has 0 amide bonds. The molecule has 1 aliphatic rings. The molecule has 0 bridgehead atoms. The monoisotopic (exact) mass is 388 g/mol. The van der Waals surface area contributed by atoms with Crippen molar-refractivity contribution in [3.8, 4) is 11.5 Å². The summed E-state index contributed by atoms with van der Waals surface area (Å²) in [5.41, 5.74) is 1.15. The Hall–Kier alpha value is -1.79. The van der Waals surface area contributed by atoms with Crippen LogP contribution in [0, 0.1) is 0 Å². The number of benzene rings is 2. The van der Waals surface area contributed by atoms with E-state index in [0.29, 0.717) is 13.2 Å². The standard InChI is InChI=1S/C17H13BrN2O2S/c18-14-8-16-15(21-5-6-22-16)7-12(14)10-23-17-13-4-2-1-3-11(13)9-19-20-17/h1-4,7-9H,5-6,10H2. The minimum Gasteiger partial charge on any atom is -0.486 e.